The Hall–Kier alpha value is -3.64. The molecule has 0 aliphatic carbocycles. The van der Waals surface area contributed by atoms with E-state index in [0.29, 0.717) is 22.0 Å². The number of benzene rings is 3. The van der Waals surface area contributed by atoms with Crippen LogP contribution in [0.5, 0.6) is 0 Å². The van der Waals surface area contributed by atoms with E-state index in [4.69, 9.17) is 16.3 Å². The number of hydrogen-bond donors (Lipinski definition) is 1. The molecule has 7 heteroatoms. The average Bonchev–Trinajstić information content (AvgIpc) is 2.80. The topological polar surface area (TPSA) is 75.7 Å². The number of anilines is 2. The normalized spacial score (nSPS) is 10.3. The first-order chi connectivity index (χ1) is 14.9. The van der Waals surface area contributed by atoms with Crippen LogP contribution >= 0.6 is 11.6 Å². The van der Waals surface area contributed by atoms with Crippen molar-refractivity contribution in [3.8, 4) is 0 Å². The summed E-state index contributed by atoms with van der Waals surface area (Å²) < 4.78 is 5.15. The average molecular weight is 437 g/mol. The minimum atomic E-state index is -0.761. The molecular weight excluding hydrogens is 416 g/mol. The van der Waals surface area contributed by atoms with E-state index >= 15 is 0 Å². The Kier molecular flexibility index (Phi) is 7.05. The van der Waals surface area contributed by atoms with Gasteiger partial charge < -0.3 is 15.0 Å². The van der Waals surface area contributed by atoms with Crippen molar-refractivity contribution in [1.29, 1.82) is 0 Å². The van der Waals surface area contributed by atoms with Gasteiger partial charge in [-0.25, -0.2) is 4.79 Å². The van der Waals surface area contributed by atoms with Gasteiger partial charge in [-0.05, 0) is 48.9 Å². The van der Waals surface area contributed by atoms with E-state index in [1.807, 2.05) is 18.2 Å². The zero-order chi connectivity index (χ0) is 22.4. The minimum absolute atomic E-state index is 0.0852. The molecule has 0 heterocycles. The lowest BCUT2D eigenvalue weighted by atomic mass is 10.1. The van der Waals surface area contributed by atoms with E-state index in [1.54, 1.807) is 62.5 Å². The Morgan fingerprint density at radius 2 is 1.55 bits per heavy atom. The Bertz CT molecular complexity index is 1120. The zero-order valence-corrected chi connectivity index (χ0v) is 17.8. The number of carbonyl (C=O) groups is 3. The van der Waals surface area contributed by atoms with Gasteiger partial charge in [-0.3, -0.25) is 9.59 Å². The van der Waals surface area contributed by atoms with Crippen LogP contribution in [-0.2, 0) is 9.53 Å². The number of halogens is 1. The number of rotatable bonds is 6. The standard InChI is InChI=1S/C24H21ClN2O4/c1-16-20(25)13-8-14-21(16)26-22(28)15-31-24(30)19-12-7-6-11-18(19)23(29)27(2)17-9-4-3-5-10-17/h3-14H,15H2,1-2H3,(H,26,28). The number of ether oxygens (including phenoxy) is 1. The smallest absolute Gasteiger partial charge is 0.339 e. The number of esters is 1. The summed E-state index contributed by atoms with van der Waals surface area (Å²) in [5, 5.41) is 3.18. The van der Waals surface area contributed by atoms with Gasteiger partial charge in [0.25, 0.3) is 11.8 Å². The molecule has 3 aromatic carbocycles. The summed E-state index contributed by atoms with van der Waals surface area (Å²) in [5.41, 5.74) is 2.20. The summed E-state index contributed by atoms with van der Waals surface area (Å²) in [5.74, 6) is -1.63. The van der Waals surface area contributed by atoms with Crippen molar-refractivity contribution >= 4 is 40.8 Å². The van der Waals surface area contributed by atoms with E-state index in [2.05, 4.69) is 5.32 Å². The Morgan fingerprint density at radius 3 is 2.26 bits per heavy atom. The van der Waals surface area contributed by atoms with Gasteiger partial charge in [-0.2, -0.15) is 0 Å². The van der Waals surface area contributed by atoms with Crippen LogP contribution in [0.25, 0.3) is 0 Å². The maximum atomic E-state index is 12.9. The molecule has 31 heavy (non-hydrogen) atoms. The van der Waals surface area contributed by atoms with Crippen LogP contribution in [-0.4, -0.2) is 31.4 Å². The molecule has 0 aromatic heterocycles. The molecule has 0 bridgehead atoms. The van der Waals surface area contributed by atoms with Crippen molar-refractivity contribution in [2.75, 3.05) is 23.9 Å². The molecule has 0 fully saturated rings. The van der Waals surface area contributed by atoms with E-state index in [-0.39, 0.29) is 17.0 Å². The third-order valence-electron chi connectivity index (χ3n) is 4.70. The molecule has 1 N–H and O–H groups in total. The third-order valence-corrected chi connectivity index (χ3v) is 5.11. The molecule has 0 saturated heterocycles. The van der Waals surface area contributed by atoms with Crippen molar-refractivity contribution in [2.45, 2.75) is 6.92 Å². The summed E-state index contributed by atoms with van der Waals surface area (Å²) in [7, 11) is 1.63. The van der Waals surface area contributed by atoms with Gasteiger partial charge in [0.2, 0.25) is 0 Å². The van der Waals surface area contributed by atoms with Gasteiger partial charge in [0, 0.05) is 23.4 Å². The molecule has 0 atom stereocenters. The quantitative estimate of drug-likeness (QED) is 0.567. The fourth-order valence-corrected chi connectivity index (χ4v) is 3.11. The van der Waals surface area contributed by atoms with Crippen LogP contribution < -0.4 is 10.2 Å². The van der Waals surface area contributed by atoms with Gasteiger partial charge in [-0.15, -0.1) is 0 Å². The third kappa shape index (κ3) is 5.29. The first-order valence-corrected chi connectivity index (χ1v) is 9.90. The second-order valence-electron chi connectivity index (χ2n) is 6.78. The molecule has 0 saturated carbocycles. The SMILES string of the molecule is Cc1c(Cl)cccc1NC(=O)COC(=O)c1ccccc1C(=O)N(C)c1ccccc1. The second-order valence-corrected chi connectivity index (χ2v) is 7.19. The summed E-state index contributed by atoms with van der Waals surface area (Å²) in [6.45, 7) is 1.27. The van der Waals surface area contributed by atoms with Crippen molar-refractivity contribution in [2.24, 2.45) is 0 Å². The maximum absolute atomic E-state index is 12.9. The number of amides is 2. The van der Waals surface area contributed by atoms with Gasteiger partial charge in [0.1, 0.15) is 0 Å². The highest BCUT2D eigenvalue weighted by molar-refractivity contribution is 6.31. The molecule has 0 spiro atoms. The van der Waals surface area contributed by atoms with E-state index in [0.717, 1.165) is 0 Å². The number of para-hydroxylation sites is 1. The van der Waals surface area contributed by atoms with Gasteiger partial charge in [0.05, 0.1) is 11.1 Å². The lowest BCUT2D eigenvalue weighted by Gasteiger charge is -2.18. The molecule has 0 aliphatic rings. The number of carbonyl (C=O) groups excluding carboxylic acids is 3. The fraction of sp³-hybridized carbons (Fsp3) is 0.125. The highest BCUT2D eigenvalue weighted by atomic mass is 35.5. The molecule has 0 radical (unpaired) electrons. The summed E-state index contributed by atoms with van der Waals surface area (Å²) in [4.78, 5) is 39.2. The number of nitrogens with one attached hydrogen (secondary N) is 1. The predicted molar refractivity (Wildman–Crippen MR) is 121 cm³/mol. The van der Waals surface area contributed by atoms with Crippen molar-refractivity contribution in [3.05, 3.63) is 94.5 Å². The molecular formula is C24H21ClN2O4. The lowest BCUT2D eigenvalue weighted by molar-refractivity contribution is -0.119. The first-order valence-electron chi connectivity index (χ1n) is 9.52. The van der Waals surface area contributed by atoms with Crippen molar-refractivity contribution < 1.29 is 19.1 Å². The highest BCUT2D eigenvalue weighted by Crippen LogP contribution is 2.23. The molecule has 0 aliphatic heterocycles. The molecule has 0 unspecified atom stereocenters. The highest BCUT2D eigenvalue weighted by Gasteiger charge is 2.22. The Morgan fingerprint density at radius 1 is 0.903 bits per heavy atom. The van der Waals surface area contributed by atoms with Crippen LogP contribution in [0.1, 0.15) is 26.3 Å². The van der Waals surface area contributed by atoms with Crippen LogP contribution in [0.2, 0.25) is 5.02 Å². The second kappa shape index (κ2) is 9.91. The van der Waals surface area contributed by atoms with Gasteiger partial charge >= 0.3 is 5.97 Å². The predicted octanol–water partition coefficient (Wildman–Crippen LogP) is 4.72. The van der Waals surface area contributed by atoms with Crippen molar-refractivity contribution in [1.82, 2.24) is 0 Å². The van der Waals surface area contributed by atoms with Crippen LogP contribution in [0.4, 0.5) is 11.4 Å². The van der Waals surface area contributed by atoms with Crippen LogP contribution in [0, 0.1) is 6.92 Å². The van der Waals surface area contributed by atoms with Gasteiger partial charge in [0.15, 0.2) is 6.61 Å². The minimum Gasteiger partial charge on any atom is -0.452 e. The van der Waals surface area contributed by atoms with E-state index in [1.165, 1.54) is 11.0 Å². The maximum Gasteiger partial charge on any atom is 0.339 e. The largest absolute Gasteiger partial charge is 0.452 e. The summed E-state index contributed by atoms with van der Waals surface area (Å²) in [6.07, 6.45) is 0. The molecule has 6 nitrogen and oxygen atoms in total. The lowest BCUT2D eigenvalue weighted by Crippen LogP contribution is -2.28. The number of nitrogens with zero attached hydrogens (tertiary/aromatic N) is 1. The summed E-state index contributed by atoms with van der Waals surface area (Å²) in [6, 6.07) is 20.5. The molecule has 3 rings (SSSR count). The Labute approximate surface area is 185 Å². The molecule has 158 valence electrons. The molecule has 2 amide bonds. The zero-order valence-electron chi connectivity index (χ0n) is 17.1. The molecule has 3 aromatic rings. The number of hydrogen-bond acceptors (Lipinski definition) is 4. The monoisotopic (exact) mass is 436 g/mol. The van der Waals surface area contributed by atoms with Crippen LogP contribution in [0.15, 0.2) is 72.8 Å². The van der Waals surface area contributed by atoms with Crippen molar-refractivity contribution in [3.63, 3.8) is 0 Å². The van der Waals surface area contributed by atoms with Crippen LogP contribution in [0.3, 0.4) is 0 Å². The fourth-order valence-electron chi connectivity index (χ4n) is 2.94. The Balaban J connectivity index is 1.69. The van der Waals surface area contributed by atoms with E-state index in [9.17, 15) is 14.4 Å². The van der Waals surface area contributed by atoms with Gasteiger partial charge in [-0.1, -0.05) is 48.0 Å². The van der Waals surface area contributed by atoms with E-state index < -0.39 is 18.5 Å². The summed E-state index contributed by atoms with van der Waals surface area (Å²) >= 11 is 6.05. The first kappa shape index (κ1) is 22.1.